The van der Waals surface area contributed by atoms with Crippen molar-refractivity contribution in [2.45, 2.75) is 59.0 Å². The van der Waals surface area contributed by atoms with Gasteiger partial charge < -0.3 is 10.1 Å². The Kier molecular flexibility index (Phi) is 5.44. The molecule has 0 aliphatic carbocycles. The van der Waals surface area contributed by atoms with Crippen LogP contribution in [0.3, 0.4) is 0 Å². The van der Waals surface area contributed by atoms with Gasteiger partial charge in [-0.25, -0.2) is 0 Å². The third-order valence-corrected chi connectivity index (χ3v) is 4.01. The maximum absolute atomic E-state index is 11.8. The van der Waals surface area contributed by atoms with Crippen LogP contribution < -0.4 is 5.32 Å². The SMILES string of the molecule is CCC(C)CC(=O)OC(C)(C)C1CC[NH2+]CC1. The molecule has 0 aromatic heterocycles. The Morgan fingerprint density at radius 1 is 1.41 bits per heavy atom. The first-order valence-corrected chi connectivity index (χ1v) is 6.99. The Hall–Kier alpha value is -0.570. The van der Waals surface area contributed by atoms with Crippen LogP contribution in [-0.4, -0.2) is 24.7 Å². The minimum absolute atomic E-state index is 0.0288. The summed E-state index contributed by atoms with van der Waals surface area (Å²) in [5.74, 6) is 0.922. The number of quaternary nitrogens is 1. The van der Waals surface area contributed by atoms with E-state index in [2.05, 4.69) is 33.0 Å². The maximum atomic E-state index is 11.8. The van der Waals surface area contributed by atoms with Crippen LogP contribution in [-0.2, 0) is 9.53 Å². The molecule has 0 aromatic rings. The summed E-state index contributed by atoms with van der Waals surface area (Å²) in [5.41, 5.74) is -0.293. The molecular formula is C14H28NO2+. The zero-order valence-electron chi connectivity index (χ0n) is 11.8. The summed E-state index contributed by atoms with van der Waals surface area (Å²) in [6, 6.07) is 0. The van der Waals surface area contributed by atoms with Crippen molar-refractivity contribution >= 4 is 5.97 Å². The van der Waals surface area contributed by atoms with Crippen molar-refractivity contribution in [2.75, 3.05) is 13.1 Å². The van der Waals surface area contributed by atoms with Crippen LogP contribution in [0.15, 0.2) is 0 Å². The van der Waals surface area contributed by atoms with Crippen LogP contribution in [0.2, 0.25) is 0 Å². The van der Waals surface area contributed by atoms with E-state index in [0.717, 1.165) is 32.4 Å². The lowest BCUT2D eigenvalue weighted by Gasteiger charge is -2.35. The first-order valence-electron chi connectivity index (χ1n) is 6.99. The largest absolute Gasteiger partial charge is 0.459 e. The van der Waals surface area contributed by atoms with Crippen molar-refractivity contribution in [1.82, 2.24) is 0 Å². The average molecular weight is 242 g/mol. The molecule has 0 radical (unpaired) electrons. The van der Waals surface area contributed by atoms with Crippen LogP contribution in [0.5, 0.6) is 0 Å². The molecule has 1 atom stereocenters. The van der Waals surface area contributed by atoms with Gasteiger partial charge in [0.15, 0.2) is 0 Å². The molecule has 1 saturated heterocycles. The number of esters is 1. The molecule has 1 heterocycles. The lowest BCUT2D eigenvalue weighted by Crippen LogP contribution is -2.86. The van der Waals surface area contributed by atoms with Gasteiger partial charge in [0.1, 0.15) is 5.60 Å². The predicted molar refractivity (Wildman–Crippen MR) is 68.6 cm³/mol. The number of rotatable bonds is 5. The number of carbonyl (C=O) groups excluding carboxylic acids is 1. The van der Waals surface area contributed by atoms with Gasteiger partial charge in [0.05, 0.1) is 13.1 Å². The van der Waals surface area contributed by atoms with Crippen molar-refractivity contribution in [3.05, 3.63) is 0 Å². The molecule has 1 aliphatic rings. The van der Waals surface area contributed by atoms with E-state index in [1.807, 2.05) is 0 Å². The summed E-state index contributed by atoms with van der Waals surface area (Å²) in [5, 5.41) is 2.34. The topological polar surface area (TPSA) is 42.9 Å². The van der Waals surface area contributed by atoms with Crippen LogP contribution in [0.25, 0.3) is 0 Å². The summed E-state index contributed by atoms with van der Waals surface area (Å²) in [4.78, 5) is 11.8. The molecule has 0 amide bonds. The molecule has 1 unspecified atom stereocenters. The molecule has 1 fully saturated rings. The molecule has 1 rings (SSSR count). The van der Waals surface area contributed by atoms with Crippen LogP contribution in [0, 0.1) is 11.8 Å². The minimum atomic E-state index is -0.293. The van der Waals surface area contributed by atoms with E-state index in [-0.39, 0.29) is 11.6 Å². The monoisotopic (exact) mass is 242 g/mol. The number of hydrogen-bond donors (Lipinski definition) is 1. The molecule has 0 spiro atoms. The zero-order valence-corrected chi connectivity index (χ0v) is 11.8. The summed E-state index contributed by atoms with van der Waals surface area (Å²) in [7, 11) is 0. The molecule has 0 bridgehead atoms. The smallest absolute Gasteiger partial charge is 0.306 e. The highest BCUT2D eigenvalue weighted by molar-refractivity contribution is 5.70. The first kappa shape index (κ1) is 14.5. The minimum Gasteiger partial charge on any atom is -0.459 e. The number of nitrogens with two attached hydrogens (primary N) is 1. The number of ether oxygens (including phenoxy) is 1. The second-order valence-electron chi connectivity index (χ2n) is 5.94. The van der Waals surface area contributed by atoms with Gasteiger partial charge in [-0.3, -0.25) is 4.79 Å². The highest BCUT2D eigenvalue weighted by atomic mass is 16.6. The second kappa shape index (κ2) is 6.39. The summed E-state index contributed by atoms with van der Waals surface area (Å²) < 4.78 is 5.70. The van der Waals surface area contributed by atoms with E-state index in [1.54, 1.807) is 0 Å². The maximum Gasteiger partial charge on any atom is 0.306 e. The van der Waals surface area contributed by atoms with Gasteiger partial charge in [-0.15, -0.1) is 0 Å². The molecule has 1 aliphatic heterocycles. The molecule has 0 aromatic carbocycles. The van der Waals surface area contributed by atoms with Crippen LogP contribution in [0.1, 0.15) is 53.4 Å². The highest BCUT2D eigenvalue weighted by Crippen LogP contribution is 2.28. The van der Waals surface area contributed by atoms with E-state index >= 15 is 0 Å². The van der Waals surface area contributed by atoms with E-state index in [1.165, 1.54) is 0 Å². The van der Waals surface area contributed by atoms with Crippen molar-refractivity contribution in [2.24, 2.45) is 11.8 Å². The fraction of sp³-hybridized carbons (Fsp3) is 0.929. The quantitative estimate of drug-likeness (QED) is 0.746. The molecule has 3 heteroatoms. The van der Waals surface area contributed by atoms with Gasteiger partial charge in [-0.2, -0.15) is 0 Å². The molecule has 2 N–H and O–H groups in total. The molecule has 0 saturated carbocycles. The van der Waals surface area contributed by atoms with Gasteiger partial charge in [-0.05, 0) is 19.8 Å². The van der Waals surface area contributed by atoms with E-state index in [9.17, 15) is 4.79 Å². The molecular weight excluding hydrogens is 214 g/mol. The average Bonchev–Trinajstić information content (AvgIpc) is 2.29. The number of hydrogen-bond acceptors (Lipinski definition) is 2. The summed E-state index contributed by atoms with van der Waals surface area (Å²) in [6.45, 7) is 10.7. The van der Waals surface area contributed by atoms with E-state index in [4.69, 9.17) is 4.74 Å². The molecule has 17 heavy (non-hydrogen) atoms. The van der Waals surface area contributed by atoms with E-state index in [0.29, 0.717) is 18.3 Å². The number of piperidine rings is 1. The second-order valence-corrected chi connectivity index (χ2v) is 5.94. The molecule has 3 nitrogen and oxygen atoms in total. The van der Waals surface area contributed by atoms with Crippen LogP contribution in [0.4, 0.5) is 0 Å². The van der Waals surface area contributed by atoms with E-state index < -0.39 is 0 Å². The summed E-state index contributed by atoms with van der Waals surface area (Å²) in [6.07, 6.45) is 3.90. The zero-order chi connectivity index (χ0) is 12.9. The Morgan fingerprint density at radius 2 is 2.00 bits per heavy atom. The van der Waals surface area contributed by atoms with Gasteiger partial charge in [0, 0.05) is 25.2 Å². The standard InChI is InChI=1S/C14H27NO2/c1-5-11(2)10-13(16)17-14(3,4)12-6-8-15-9-7-12/h11-12,15H,5-10H2,1-4H3/p+1. The third-order valence-electron chi connectivity index (χ3n) is 4.01. The normalized spacial score (nSPS) is 20.0. The van der Waals surface area contributed by atoms with Crippen molar-refractivity contribution in [3.8, 4) is 0 Å². The lowest BCUT2D eigenvalue weighted by molar-refractivity contribution is -0.665. The number of carbonyl (C=O) groups is 1. The third kappa shape index (κ3) is 4.66. The van der Waals surface area contributed by atoms with Gasteiger partial charge in [0.25, 0.3) is 0 Å². The Bertz CT molecular complexity index is 245. The van der Waals surface area contributed by atoms with Gasteiger partial charge >= 0.3 is 5.97 Å². The Morgan fingerprint density at radius 3 is 2.53 bits per heavy atom. The summed E-state index contributed by atoms with van der Waals surface area (Å²) >= 11 is 0. The Labute approximate surface area is 105 Å². The first-order chi connectivity index (χ1) is 7.95. The Balaban J connectivity index is 2.44. The van der Waals surface area contributed by atoms with Crippen molar-refractivity contribution in [1.29, 1.82) is 0 Å². The fourth-order valence-corrected chi connectivity index (χ4v) is 2.47. The predicted octanol–water partition coefficient (Wildman–Crippen LogP) is 1.72. The van der Waals surface area contributed by atoms with Crippen LogP contribution >= 0.6 is 0 Å². The van der Waals surface area contributed by atoms with Crippen molar-refractivity contribution in [3.63, 3.8) is 0 Å². The molecule has 100 valence electrons. The van der Waals surface area contributed by atoms with Gasteiger partial charge in [0.2, 0.25) is 0 Å². The lowest BCUT2D eigenvalue weighted by atomic mass is 9.83. The van der Waals surface area contributed by atoms with Crippen molar-refractivity contribution < 1.29 is 14.8 Å². The van der Waals surface area contributed by atoms with Gasteiger partial charge in [-0.1, -0.05) is 20.3 Å². The highest BCUT2D eigenvalue weighted by Gasteiger charge is 2.35. The fourth-order valence-electron chi connectivity index (χ4n) is 2.47.